The van der Waals surface area contributed by atoms with E-state index in [1.165, 1.54) is 0 Å². The zero-order chi connectivity index (χ0) is 29.3. The molecule has 0 saturated carbocycles. The first-order valence-corrected chi connectivity index (χ1v) is 13.2. The van der Waals surface area contributed by atoms with Crippen LogP contribution in [0.2, 0.25) is 5.28 Å². The Labute approximate surface area is 241 Å². The number of nitrogens with zero attached hydrogens (tertiary/aromatic N) is 6. The van der Waals surface area contributed by atoms with Crippen LogP contribution >= 0.6 is 11.6 Å². The SMILES string of the molecule is Cc1cc(-c2ncc(CN)cn2)ccn1.Cc1cc(B2OC(C)(C)C(C)(C)O2)ccn1.NCc1cnc(Cl)nc1. The highest BCUT2D eigenvalue weighted by Crippen LogP contribution is 2.36. The topological polar surface area (TPSA) is 148 Å². The van der Waals surface area contributed by atoms with Crippen LogP contribution < -0.4 is 16.9 Å². The first kappa shape index (κ1) is 31.2. The summed E-state index contributed by atoms with van der Waals surface area (Å²) in [5, 5.41) is 0.257. The van der Waals surface area contributed by atoms with E-state index in [0.717, 1.165) is 33.5 Å². The van der Waals surface area contributed by atoms with Crippen molar-refractivity contribution in [3.05, 3.63) is 89.2 Å². The zero-order valence-corrected chi connectivity index (χ0v) is 24.6. The van der Waals surface area contributed by atoms with Gasteiger partial charge in [-0.15, -0.1) is 0 Å². The Morgan fingerprint density at radius 1 is 0.725 bits per heavy atom. The summed E-state index contributed by atoms with van der Waals surface area (Å²) in [5.41, 5.74) is 16.0. The van der Waals surface area contributed by atoms with Gasteiger partial charge < -0.3 is 20.8 Å². The third-order valence-electron chi connectivity index (χ3n) is 6.45. The van der Waals surface area contributed by atoms with Crippen LogP contribution in [0.4, 0.5) is 0 Å². The maximum atomic E-state index is 5.96. The fourth-order valence-corrected chi connectivity index (χ4v) is 3.53. The molecule has 0 aliphatic carbocycles. The molecule has 1 aliphatic rings. The second kappa shape index (κ2) is 13.8. The molecule has 40 heavy (non-hydrogen) atoms. The van der Waals surface area contributed by atoms with Gasteiger partial charge in [0.2, 0.25) is 5.28 Å². The van der Waals surface area contributed by atoms with Crippen molar-refractivity contribution in [2.24, 2.45) is 11.5 Å². The predicted molar refractivity (Wildman–Crippen MR) is 158 cm³/mol. The number of hydrogen-bond donors (Lipinski definition) is 2. The summed E-state index contributed by atoms with van der Waals surface area (Å²) in [6.07, 6.45) is 10.3. The van der Waals surface area contributed by atoms with Crippen LogP contribution in [0.15, 0.2) is 61.4 Å². The normalized spacial score (nSPS) is 15.0. The Balaban J connectivity index is 0.000000172. The largest absolute Gasteiger partial charge is 0.494 e. The molecule has 10 nitrogen and oxygen atoms in total. The van der Waals surface area contributed by atoms with Gasteiger partial charge in [0, 0.05) is 78.3 Å². The van der Waals surface area contributed by atoms with E-state index < -0.39 is 0 Å². The van der Waals surface area contributed by atoms with Crippen molar-refractivity contribution in [3.8, 4) is 11.4 Å². The third kappa shape index (κ3) is 8.58. The van der Waals surface area contributed by atoms with Gasteiger partial charge in [-0.25, -0.2) is 19.9 Å². The summed E-state index contributed by atoms with van der Waals surface area (Å²) in [4.78, 5) is 24.2. The Morgan fingerprint density at radius 3 is 1.68 bits per heavy atom. The number of hydrogen-bond acceptors (Lipinski definition) is 10. The number of pyridine rings is 2. The minimum Gasteiger partial charge on any atom is -0.399 e. The lowest BCUT2D eigenvalue weighted by Crippen LogP contribution is -2.41. The second-order valence-corrected chi connectivity index (χ2v) is 10.5. The Bertz CT molecular complexity index is 1360. The van der Waals surface area contributed by atoms with Gasteiger partial charge >= 0.3 is 7.12 Å². The van der Waals surface area contributed by atoms with Gasteiger partial charge in [0.05, 0.1) is 11.2 Å². The molecule has 5 rings (SSSR count). The molecule has 0 bridgehead atoms. The maximum absolute atomic E-state index is 5.96. The Kier molecular flexibility index (Phi) is 10.8. The average Bonchev–Trinajstić information content (AvgIpc) is 3.16. The number of nitrogens with two attached hydrogens (primary N) is 2. The molecule has 0 unspecified atom stereocenters. The molecule has 12 heteroatoms. The lowest BCUT2D eigenvalue weighted by Gasteiger charge is -2.32. The molecule has 1 saturated heterocycles. The summed E-state index contributed by atoms with van der Waals surface area (Å²) < 4.78 is 11.9. The van der Waals surface area contributed by atoms with Crippen LogP contribution in [-0.2, 0) is 22.4 Å². The van der Waals surface area contributed by atoms with E-state index in [1.807, 2.05) is 38.1 Å². The molecule has 1 fully saturated rings. The van der Waals surface area contributed by atoms with Gasteiger partial charge in [-0.2, -0.15) is 0 Å². The van der Waals surface area contributed by atoms with Gasteiger partial charge in [-0.3, -0.25) is 9.97 Å². The summed E-state index contributed by atoms with van der Waals surface area (Å²) in [5.74, 6) is 0.706. The molecular formula is C28H36BClN8O2. The maximum Gasteiger partial charge on any atom is 0.494 e. The van der Waals surface area contributed by atoms with Crippen molar-refractivity contribution in [2.45, 2.75) is 65.8 Å². The monoisotopic (exact) mass is 562 g/mol. The highest BCUT2D eigenvalue weighted by molar-refractivity contribution is 6.62. The fourth-order valence-electron chi connectivity index (χ4n) is 3.43. The third-order valence-corrected chi connectivity index (χ3v) is 6.65. The molecule has 4 aromatic heterocycles. The van der Waals surface area contributed by atoms with Crippen LogP contribution in [0.25, 0.3) is 11.4 Å². The second-order valence-electron chi connectivity index (χ2n) is 10.2. The molecule has 210 valence electrons. The molecule has 0 amide bonds. The minimum absolute atomic E-state index is 0.257. The van der Waals surface area contributed by atoms with Crippen LogP contribution in [0.3, 0.4) is 0 Å². The van der Waals surface area contributed by atoms with Gasteiger partial charge in [-0.05, 0) is 82.9 Å². The number of aromatic nitrogens is 6. The fraction of sp³-hybridized carbons (Fsp3) is 0.357. The number of halogens is 1. The van der Waals surface area contributed by atoms with E-state index in [-0.39, 0.29) is 23.6 Å². The standard InChI is InChI=1S/C12H18BNO2.C11H12N4.C5H6ClN3/c1-9-8-10(6-7-14-9)13-15-11(2,3)12(4,5)16-13;1-8-4-10(2-3-13-8)11-14-6-9(5-12)7-15-11;6-5-8-2-4(1-7)3-9-5/h6-8H,1-5H3;2-4,6-7H,5,12H2,1H3;2-3H,1,7H2. The van der Waals surface area contributed by atoms with Crippen molar-refractivity contribution in [2.75, 3.05) is 0 Å². The van der Waals surface area contributed by atoms with Gasteiger partial charge in [0.1, 0.15) is 0 Å². The quantitative estimate of drug-likeness (QED) is 0.279. The smallest absolute Gasteiger partial charge is 0.399 e. The van der Waals surface area contributed by atoms with Crippen LogP contribution in [0.1, 0.15) is 50.2 Å². The molecule has 5 heterocycles. The molecule has 0 aromatic carbocycles. The van der Waals surface area contributed by atoms with E-state index in [2.05, 4.69) is 57.6 Å². The summed E-state index contributed by atoms with van der Waals surface area (Å²) >= 11 is 5.41. The van der Waals surface area contributed by atoms with E-state index >= 15 is 0 Å². The Morgan fingerprint density at radius 2 is 1.20 bits per heavy atom. The number of rotatable bonds is 4. The average molecular weight is 563 g/mol. The van der Waals surface area contributed by atoms with Crippen molar-refractivity contribution in [1.82, 2.24) is 29.9 Å². The molecule has 4 aromatic rings. The van der Waals surface area contributed by atoms with E-state index in [9.17, 15) is 0 Å². The highest BCUT2D eigenvalue weighted by atomic mass is 35.5. The lowest BCUT2D eigenvalue weighted by atomic mass is 9.79. The minimum atomic E-state index is -0.285. The molecule has 0 radical (unpaired) electrons. The van der Waals surface area contributed by atoms with E-state index in [1.54, 1.807) is 37.2 Å². The summed E-state index contributed by atoms with van der Waals surface area (Å²) in [6.45, 7) is 13.1. The van der Waals surface area contributed by atoms with Crippen molar-refractivity contribution < 1.29 is 9.31 Å². The molecular weight excluding hydrogens is 527 g/mol. The summed E-state index contributed by atoms with van der Waals surface area (Å²) in [6, 6.07) is 7.79. The van der Waals surface area contributed by atoms with Crippen molar-refractivity contribution in [1.29, 1.82) is 0 Å². The van der Waals surface area contributed by atoms with Crippen LogP contribution in [-0.4, -0.2) is 48.2 Å². The van der Waals surface area contributed by atoms with Crippen LogP contribution in [0.5, 0.6) is 0 Å². The Hall–Kier alpha value is -3.35. The first-order valence-electron chi connectivity index (χ1n) is 12.8. The molecule has 0 spiro atoms. The highest BCUT2D eigenvalue weighted by Gasteiger charge is 2.51. The molecule has 4 N–H and O–H groups in total. The van der Waals surface area contributed by atoms with Crippen molar-refractivity contribution in [3.63, 3.8) is 0 Å². The van der Waals surface area contributed by atoms with E-state index in [4.69, 9.17) is 32.4 Å². The molecule has 0 atom stereocenters. The number of aryl methyl sites for hydroxylation is 2. The van der Waals surface area contributed by atoms with Gasteiger partial charge in [0.15, 0.2) is 5.82 Å². The predicted octanol–water partition coefficient (Wildman–Crippen LogP) is 3.58. The first-order chi connectivity index (χ1) is 18.9. The lowest BCUT2D eigenvalue weighted by molar-refractivity contribution is 0.00578. The van der Waals surface area contributed by atoms with Crippen molar-refractivity contribution >= 4 is 24.2 Å². The molecule has 1 aliphatic heterocycles. The zero-order valence-electron chi connectivity index (χ0n) is 23.8. The summed E-state index contributed by atoms with van der Waals surface area (Å²) in [7, 11) is -0.285. The van der Waals surface area contributed by atoms with E-state index in [0.29, 0.717) is 18.9 Å². The van der Waals surface area contributed by atoms with Crippen LogP contribution in [0, 0.1) is 13.8 Å². The van der Waals surface area contributed by atoms with Gasteiger partial charge in [-0.1, -0.05) is 0 Å². The van der Waals surface area contributed by atoms with Gasteiger partial charge in [0.25, 0.3) is 0 Å².